The summed E-state index contributed by atoms with van der Waals surface area (Å²) in [5.41, 5.74) is 1.15. The Morgan fingerprint density at radius 1 is 1.22 bits per heavy atom. The van der Waals surface area contributed by atoms with E-state index in [1.807, 2.05) is 0 Å². The van der Waals surface area contributed by atoms with E-state index in [2.05, 4.69) is 21.9 Å². The van der Waals surface area contributed by atoms with Gasteiger partial charge in [-0.3, -0.25) is 4.90 Å². The van der Waals surface area contributed by atoms with E-state index in [1.165, 1.54) is 23.4 Å². The number of amides is 2. The molecule has 0 unspecified atom stereocenters. The van der Waals surface area contributed by atoms with Crippen molar-refractivity contribution in [3.8, 4) is 11.8 Å². The van der Waals surface area contributed by atoms with Crippen LogP contribution in [0.1, 0.15) is 6.42 Å². The van der Waals surface area contributed by atoms with Crippen molar-refractivity contribution in [1.29, 1.82) is 0 Å². The van der Waals surface area contributed by atoms with Crippen molar-refractivity contribution < 1.29 is 18.3 Å². The third kappa shape index (κ3) is 3.25. The number of hydrogen-bond acceptors (Lipinski definition) is 4. The Hall–Kier alpha value is -3.03. The van der Waals surface area contributed by atoms with Gasteiger partial charge >= 0.3 is 12.0 Å². The second-order valence-corrected chi connectivity index (χ2v) is 4.84. The Kier molecular flexibility index (Phi) is 3.88. The van der Waals surface area contributed by atoms with Gasteiger partial charge in [-0.25, -0.2) is 23.5 Å². The molecule has 6 nitrogen and oxygen atoms in total. The molecule has 1 aromatic heterocycles. The zero-order chi connectivity index (χ0) is 16.4. The Balaban J connectivity index is 1.73. The molecule has 2 amide bonds. The number of aromatic nitrogens is 2. The topological polar surface area (TPSA) is 67.3 Å². The number of carbonyl (C=O) groups excluding carboxylic acids is 1. The van der Waals surface area contributed by atoms with Gasteiger partial charge in [-0.15, -0.1) is 0 Å². The highest BCUT2D eigenvalue weighted by molar-refractivity contribution is 5.93. The number of rotatable bonds is 3. The van der Waals surface area contributed by atoms with E-state index >= 15 is 0 Å². The minimum atomic E-state index is -1.02. The third-order valence-electron chi connectivity index (χ3n) is 3.19. The maximum atomic E-state index is 13.1. The van der Waals surface area contributed by atoms with Crippen LogP contribution in [0.2, 0.25) is 0 Å². The second kappa shape index (κ2) is 5.99. The number of benzene rings is 1. The molecule has 0 spiro atoms. The van der Waals surface area contributed by atoms with Crippen LogP contribution in [0.4, 0.5) is 19.3 Å². The summed E-state index contributed by atoms with van der Waals surface area (Å²) in [6.07, 6.45) is 3.45. The molecule has 0 saturated carbocycles. The Bertz CT molecular complexity index is 765. The fourth-order valence-corrected chi connectivity index (χ4v) is 2.02. The molecular formula is C15H12F2N4O2. The average molecular weight is 318 g/mol. The average Bonchev–Trinajstić information content (AvgIpc) is 2.52. The number of anilines is 1. The molecule has 0 radical (unpaired) electrons. The van der Waals surface area contributed by atoms with Crippen LogP contribution >= 0.6 is 0 Å². The van der Waals surface area contributed by atoms with Crippen LogP contribution in [0.25, 0.3) is 0 Å². The number of carbonyl (C=O) groups is 1. The van der Waals surface area contributed by atoms with E-state index in [0.29, 0.717) is 24.4 Å². The van der Waals surface area contributed by atoms with Gasteiger partial charge in [-0.2, -0.15) is 0 Å². The molecule has 1 N–H and O–H groups in total. The summed E-state index contributed by atoms with van der Waals surface area (Å²) in [6, 6.07) is 2.76. The molecule has 118 valence electrons. The van der Waals surface area contributed by atoms with E-state index in [9.17, 15) is 13.6 Å². The van der Waals surface area contributed by atoms with E-state index in [-0.39, 0.29) is 17.8 Å². The monoisotopic (exact) mass is 318 g/mol. The van der Waals surface area contributed by atoms with E-state index in [0.717, 1.165) is 12.1 Å². The van der Waals surface area contributed by atoms with Gasteiger partial charge in [0.15, 0.2) is 11.6 Å². The van der Waals surface area contributed by atoms with Crippen molar-refractivity contribution in [2.75, 3.05) is 11.4 Å². The highest BCUT2D eigenvalue weighted by Gasteiger charge is 2.22. The van der Waals surface area contributed by atoms with Gasteiger partial charge < -0.3 is 10.1 Å². The van der Waals surface area contributed by atoms with E-state index in [4.69, 9.17) is 4.74 Å². The third-order valence-corrected chi connectivity index (χ3v) is 3.19. The quantitative estimate of drug-likeness (QED) is 0.945. The molecule has 0 atom stereocenters. The van der Waals surface area contributed by atoms with Gasteiger partial charge in [0, 0.05) is 24.7 Å². The Morgan fingerprint density at radius 3 is 2.61 bits per heavy atom. The van der Waals surface area contributed by atoms with Crippen molar-refractivity contribution in [2.24, 2.45) is 0 Å². The van der Waals surface area contributed by atoms with Gasteiger partial charge in [0.05, 0.1) is 18.1 Å². The van der Waals surface area contributed by atoms with E-state index in [1.54, 1.807) is 0 Å². The van der Waals surface area contributed by atoms with Crippen LogP contribution in [-0.2, 0) is 0 Å². The first-order valence-corrected chi connectivity index (χ1v) is 6.74. The first-order valence-electron chi connectivity index (χ1n) is 6.74. The van der Waals surface area contributed by atoms with Crippen LogP contribution in [0.5, 0.6) is 11.8 Å². The first kappa shape index (κ1) is 14.9. The molecule has 8 heteroatoms. The SMILES string of the molecule is C=C1CCN(c2cnc(Oc3ccc(F)c(F)c3)nc2)C(=O)N1. The predicted octanol–water partition coefficient (Wildman–Crippen LogP) is 2.98. The number of ether oxygens (including phenoxy) is 1. The highest BCUT2D eigenvalue weighted by atomic mass is 19.2. The minimum Gasteiger partial charge on any atom is -0.424 e. The predicted molar refractivity (Wildman–Crippen MR) is 78.1 cm³/mol. The highest BCUT2D eigenvalue weighted by Crippen LogP contribution is 2.22. The Labute approximate surface area is 130 Å². The fraction of sp³-hybridized carbons (Fsp3) is 0.133. The summed E-state index contributed by atoms with van der Waals surface area (Å²) in [4.78, 5) is 21.2. The standard InChI is InChI=1S/C15H12F2N4O2/c1-9-4-5-21(15(22)20-9)10-7-18-14(19-8-10)23-11-2-3-12(16)13(17)6-11/h2-3,6-8H,1,4-5H2,(H,20,22). The molecule has 1 aliphatic rings. The van der Waals surface area contributed by atoms with Crippen LogP contribution in [0.3, 0.4) is 0 Å². The van der Waals surface area contributed by atoms with Gasteiger partial charge in [0.2, 0.25) is 0 Å². The van der Waals surface area contributed by atoms with Crippen molar-refractivity contribution in [3.63, 3.8) is 0 Å². The van der Waals surface area contributed by atoms with Crippen LogP contribution in [-0.4, -0.2) is 22.5 Å². The zero-order valence-electron chi connectivity index (χ0n) is 11.9. The lowest BCUT2D eigenvalue weighted by Gasteiger charge is -2.28. The van der Waals surface area contributed by atoms with Crippen LogP contribution in [0.15, 0.2) is 42.9 Å². The lowest BCUT2D eigenvalue weighted by Crippen LogP contribution is -2.45. The van der Waals surface area contributed by atoms with Gasteiger partial charge in [0.25, 0.3) is 0 Å². The smallest absolute Gasteiger partial charge is 0.326 e. The largest absolute Gasteiger partial charge is 0.424 e. The summed E-state index contributed by atoms with van der Waals surface area (Å²) in [6.45, 7) is 4.17. The van der Waals surface area contributed by atoms with Crippen LogP contribution in [0, 0.1) is 11.6 Å². The summed E-state index contributed by atoms with van der Waals surface area (Å²) in [7, 11) is 0. The summed E-state index contributed by atoms with van der Waals surface area (Å²) >= 11 is 0. The first-order chi connectivity index (χ1) is 11.0. The summed E-state index contributed by atoms with van der Waals surface area (Å²) in [5.74, 6) is -1.92. The maximum Gasteiger partial charge on any atom is 0.326 e. The fourth-order valence-electron chi connectivity index (χ4n) is 2.02. The van der Waals surface area contributed by atoms with Gasteiger partial charge in [-0.05, 0) is 12.1 Å². The summed E-state index contributed by atoms with van der Waals surface area (Å²) in [5, 5.41) is 2.62. The molecule has 1 aliphatic heterocycles. The normalized spacial score (nSPS) is 14.6. The molecule has 2 heterocycles. The number of nitrogens with one attached hydrogen (secondary N) is 1. The molecule has 1 fully saturated rings. The van der Waals surface area contributed by atoms with Crippen molar-refractivity contribution >= 4 is 11.7 Å². The zero-order valence-corrected chi connectivity index (χ0v) is 11.9. The molecule has 2 aromatic rings. The molecule has 0 bridgehead atoms. The lowest BCUT2D eigenvalue weighted by molar-refractivity contribution is 0.246. The molecule has 1 aromatic carbocycles. The van der Waals surface area contributed by atoms with Crippen LogP contribution < -0.4 is 15.0 Å². The lowest BCUT2D eigenvalue weighted by atomic mass is 10.2. The van der Waals surface area contributed by atoms with Gasteiger partial charge in [-0.1, -0.05) is 6.58 Å². The number of nitrogens with zero attached hydrogens (tertiary/aromatic N) is 3. The number of urea groups is 1. The number of halogens is 2. The molecule has 1 saturated heterocycles. The molecular weight excluding hydrogens is 306 g/mol. The maximum absolute atomic E-state index is 13.1. The van der Waals surface area contributed by atoms with Gasteiger partial charge in [0.1, 0.15) is 5.75 Å². The molecule has 23 heavy (non-hydrogen) atoms. The van der Waals surface area contributed by atoms with Crippen molar-refractivity contribution in [1.82, 2.24) is 15.3 Å². The summed E-state index contributed by atoms with van der Waals surface area (Å²) < 4.78 is 31.2. The Morgan fingerprint density at radius 2 is 1.96 bits per heavy atom. The molecule has 3 rings (SSSR count). The minimum absolute atomic E-state index is 0.0402. The molecule has 0 aliphatic carbocycles. The van der Waals surface area contributed by atoms with Crippen molar-refractivity contribution in [2.45, 2.75) is 6.42 Å². The van der Waals surface area contributed by atoms with Crippen molar-refractivity contribution in [3.05, 3.63) is 54.5 Å². The van der Waals surface area contributed by atoms with E-state index < -0.39 is 11.6 Å². The second-order valence-electron chi connectivity index (χ2n) is 4.84. The number of hydrogen-bond donors (Lipinski definition) is 1.